The molecule has 132 valence electrons. The number of carbonyl (C=O) groups excluding carboxylic acids is 2. The Hall–Kier alpha value is -2.61. The Morgan fingerprint density at radius 1 is 1.25 bits per heavy atom. The van der Waals surface area contributed by atoms with Gasteiger partial charge in [-0.3, -0.25) is 9.59 Å². The van der Waals surface area contributed by atoms with Crippen LogP contribution in [0.5, 0.6) is 5.75 Å². The highest BCUT2D eigenvalue weighted by atomic mass is 16.5. The van der Waals surface area contributed by atoms with E-state index in [-0.39, 0.29) is 36.9 Å². The van der Waals surface area contributed by atoms with Gasteiger partial charge in [0.25, 0.3) is 11.8 Å². The average molecular weight is 338 g/mol. The van der Waals surface area contributed by atoms with Crippen LogP contribution in [-0.2, 0) is 14.3 Å². The lowest BCUT2D eigenvalue weighted by atomic mass is 10.1. The van der Waals surface area contributed by atoms with E-state index >= 15 is 0 Å². The molecule has 1 aromatic carbocycles. The number of carboxylic acid groups (broad SMARTS) is 1. The van der Waals surface area contributed by atoms with Crippen LogP contribution >= 0.6 is 0 Å². The van der Waals surface area contributed by atoms with E-state index in [1.807, 2.05) is 0 Å². The van der Waals surface area contributed by atoms with Gasteiger partial charge in [-0.25, -0.2) is 4.79 Å². The minimum absolute atomic E-state index is 0.139. The quantitative estimate of drug-likeness (QED) is 0.674. The zero-order valence-corrected chi connectivity index (χ0v) is 13.9. The number of nitrogens with zero attached hydrogens (tertiary/aromatic N) is 1. The Bertz CT molecular complexity index is 588. The molecule has 24 heavy (non-hydrogen) atoms. The van der Waals surface area contributed by atoms with Crippen molar-refractivity contribution in [3.63, 3.8) is 0 Å². The summed E-state index contributed by atoms with van der Waals surface area (Å²) < 4.78 is 10.2. The molecule has 0 bridgehead atoms. The van der Waals surface area contributed by atoms with Crippen molar-refractivity contribution in [2.75, 3.05) is 34.4 Å². The number of carboxylic acids is 1. The maximum atomic E-state index is 12.3. The van der Waals surface area contributed by atoms with Gasteiger partial charge in [-0.15, -0.1) is 0 Å². The number of ether oxygens (including phenoxy) is 2. The number of hydrogen-bond donors (Lipinski definition) is 2. The minimum Gasteiger partial charge on any atom is -0.483 e. The minimum atomic E-state index is -1.15. The normalized spacial score (nSPS) is 11.5. The average Bonchev–Trinajstić information content (AvgIpc) is 2.56. The standard InChI is InChI=1S/C16H22N2O6/c1-18(2)14(19)10-24-13-7-5-4-6-11(13)15(20)17-12(16(21)22)8-9-23-3/h4-7,12H,8-10H2,1-3H3,(H,17,20)(H,21,22). The fourth-order valence-corrected chi connectivity index (χ4v) is 1.78. The Labute approximate surface area is 140 Å². The molecule has 0 heterocycles. The van der Waals surface area contributed by atoms with E-state index in [4.69, 9.17) is 14.6 Å². The lowest BCUT2D eigenvalue weighted by Gasteiger charge is -2.16. The Kier molecular flexibility index (Phi) is 7.70. The monoisotopic (exact) mass is 338 g/mol. The van der Waals surface area contributed by atoms with Gasteiger partial charge in [-0.05, 0) is 12.1 Å². The topological polar surface area (TPSA) is 105 Å². The van der Waals surface area contributed by atoms with E-state index in [0.717, 1.165) is 0 Å². The van der Waals surface area contributed by atoms with Gasteiger partial charge in [0.2, 0.25) is 0 Å². The molecule has 2 N–H and O–H groups in total. The van der Waals surface area contributed by atoms with Gasteiger partial charge in [0.1, 0.15) is 11.8 Å². The van der Waals surface area contributed by atoms with E-state index in [2.05, 4.69) is 5.32 Å². The van der Waals surface area contributed by atoms with Crippen LogP contribution in [0.4, 0.5) is 0 Å². The number of para-hydroxylation sites is 1. The van der Waals surface area contributed by atoms with Crippen molar-refractivity contribution >= 4 is 17.8 Å². The van der Waals surface area contributed by atoms with Gasteiger partial charge in [0, 0.05) is 34.2 Å². The summed E-state index contributed by atoms with van der Waals surface area (Å²) in [6, 6.07) is 5.25. The highest BCUT2D eigenvalue weighted by molar-refractivity contribution is 5.99. The molecule has 0 fully saturated rings. The number of likely N-dealkylation sites (N-methyl/N-ethyl adjacent to an activating group) is 1. The first-order valence-corrected chi connectivity index (χ1v) is 7.31. The molecular formula is C16H22N2O6. The number of rotatable bonds is 9. The van der Waals surface area contributed by atoms with Crippen LogP contribution < -0.4 is 10.1 Å². The van der Waals surface area contributed by atoms with Crippen molar-refractivity contribution in [1.29, 1.82) is 0 Å². The molecule has 1 atom stereocenters. The van der Waals surface area contributed by atoms with Crippen molar-refractivity contribution in [2.45, 2.75) is 12.5 Å². The molecule has 0 aromatic heterocycles. The predicted octanol–water partition coefficient (Wildman–Crippen LogP) is 0.373. The maximum absolute atomic E-state index is 12.3. The van der Waals surface area contributed by atoms with E-state index in [0.29, 0.717) is 0 Å². The van der Waals surface area contributed by atoms with Crippen LogP contribution in [0.15, 0.2) is 24.3 Å². The first-order valence-electron chi connectivity index (χ1n) is 7.31. The third kappa shape index (κ3) is 5.88. The molecule has 0 saturated heterocycles. The SMILES string of the molecule is COCCC(NC(=O)c1ccccc1OCC(=O)N(C)C)C(=O)O. The van der Waals surface area contributed by atoms with Crippen molar-refractivity contribution in [3.05, 3.63) is 29.8 Å². The maximum Gasteiger partial charge on any atom is 0.326 e. The van der Waals surface area contributed by atoms with Gasteiger partial charge in [0.05, 0.1) is 5.56 Å². The third-order valence-corrected chi connectivity index (χ3v) is 3.20. The van der Waals surface area contributed by atoms with Crippen LogP contribution in [0, 0.1) is 0 Å². The number of hydrogen-bond acceptors (Lipinski definition) is 5. The Balaban J connectivity index is 2.82. The molecule has 2 amide bonds. The summed E-state index contributed by atoms with van der Waals surface area (Å²) in [5, 5.41) is 11.6. The molecule has 0 aliphatic carbocycles. The zero-order chi connectivity index (χ0) is 18.1. The second-order valence-corrected chi connectivity index (χ2v) is 5.22. The number of benzene rings is 1. The summed E-state index contributed by atoms with van der Waals surface area (Å²) in [6.07, 6.45) is 0.139. The summed E-state index contributed by atoms with van der Waals surface area (Å²) in [6.45, 7) is -0.0178. The third-order valence-electron chi connectivity index (χ3n) is 3.20. The molecule has 8 heteroatoms. The molecule has 0 radical (unpaired) electrons. The number of aliphatic carboxylic acids is 1. The van der Waals surface area contributed by atoms with Crippen LogP contribution in [0.2, 0.25) is 0 Å². The zero-order valence-electron chi connectivity index (χ0n) is 13.9. The molecule has 0 aliphatic rings. The van der Waals surface area contributed by atoms with E-state index in [1.165, 1.54) is 18.1 Å². The first-order chi connectivity index (χ1) is 11.4. The Morgan fingerprint density at radius 2 is 1.92 bits per heavy atom. The molecule has 0 aliphatic heterocycles. The van der Waals surface area contributed by atoms with Crippen LogP contribution in [0.25, 0.3) is 0 Å². The lowest BCUT2D eigenvalue weighted by Crippen LogP contribution is -2.41. The number of nitrogens with one attached hydrogen (secondary N) is 1. The van der Waals surface area contributed by atoms with Crippen molar-refractivity contribution < 1.29 is 29.0 Å². The fraction of sp³-hybridized carbons (Fsp3) is 0.438. The molecule has 0 saturated carbocycles. The summed E-state index contributed by atoms with van der Waals surface area (Å²) >= 11 is 0. The predicted molar refractivity (Wildman–Crippen MR) is 86.0 cm³/mol. The van der Waals surface area contributed by atoms with Gasteiger partial charge in [-0.2, -0.15) is 0 Å². The summed E-state index contributed by atoms with van der Waals surface area (Å²) in [7, 11) is 4.64. The molecular weight excluding hydrogens is 316 g/mol. The summed E-state index contributed by atoms with van der Waals surface area (Å²) in [5.74, 6) is -1.79. The number of amides is 2. The molecule has 8 nitrogen and oxygen atoms in total. The fourth-order valence-electron chi connectivity index (χ4n) is 1.78. The molecule has 1 aromatic rings. The summed E-state index contributed by atoms with van der Waals surface area (Å²) in [5.41, 5.74) is 0.160. The lowest BCUT2D eigenvalue weighted by molar-refractivity contribution is -0.139. The molecule has 1 unspecified atom stereocenters. The van der Waals surface area contributed by atoms with E-state index in [9.17, 15) is 14.4 Å². The Morgan fingerprint density at radius 3 is 2.50 bits per heavy atom. The number of methoxy groups -OCH3 is 1. The van der Waals surface area contributed by atoms with Crippen molar-refractivity contribution in [2.24, 2.45) is 0 Å². The van der Waals surface area contributed by atoms with Gasteiger partial charge in [-0.1, -0.05) is 12.1 Å². The molecule has 0 spiro atoms. The van der Waals surface area contributed by atoms with Crippen molar-refractivity contribution in [1.82, 2.24) is 10.2 Å². The largest absolute Gasteiger partial charge is 0.483 e. The van der Waals surface area contributed by atoms with Crippen LogP contribution in [-0.4, -0.2) is 68.3 Å². The van der Waals surface area contributed by atoms with Crippen LogP contribution in [0.3, 0.4) is 0 Å². The van der Waals surface area contributed by atoms with Gasteiger partial charge in [0.15, 0.2) is 6.61 Å². The first kappa shape index (κ1) is 19.4. The van der Waals surface area contributed by atoms with Crippen LogP contribution in [0.1, 0.15) is 16.8 Å². The highest BCUT2D eigenvalue weighted by Crippen LogP contribution is 2.18. The highest BCUT2D eigenvalue weighted by Gasteiger charge is 2.22. The molecule has 1 rings (SSSR count). The summed E-state index contributed by atoms with van der Waals surface area (Å²) in [4.78, 5) is 36.5. The van der Waals surface area contributed by atoms with E-state index in [1.54, 1.807) is 32.3 Å². The van der Waals surface area contributed by atoms with Gasteiger partial charge >= 0.3 is 5.97 Å². The van der Waals surface area contributed by atoms with Gasteiger partial charge < -0.3 is 24.8 Å². The van der Waals surface area contributed by atoms with E-state index < -0.39 is 17.9 Å². The second kappa shape index (κ2) is 9.51. The number of carbonyl (C=O) groups is 3. The van der Waals surface area contributed by atoms with Crippen molar-refractivity contribution in [3.8, 4) is 5.75 Å². The smallest absolute Gasteiger partial charge is 0.326 e. The second-order valence-electron chi connectivity index (χ2n) is 5.22.